The molecule has 1 N–H and O–H groups in total. The molecule has 2 unspecified atom stereocenters. The number of nitrogens with one attached hydrogen (secondary N) is 1. The lowest BCUT2D eigenvalue weighted by atomic mass is 9.89. The summed E-state index contributed by atoms with van der Waals surface area (Å²) in [5, 5.41) is 3.05. The Morgan fingerprint density at radius 3 is 2.69 bits per heavy atom. The molecule has 3 rings (SSSR count). The second-order valence-corrected chi connectivity index (χ2v) is 7.46. The number of likely N-dealkylation sites (N-methyl/N-ethyl adjacent to an activating group) is 1. The summed E-state index contributed by atoms with van der Waals surface area (Å²) < 4.78 is 19.1. The van der Waals surface area contributed by atoms with Crippen molar-refractivity contribution in [3.8, 4) is 0 Å². The van der Waals surface area contributed by atoms with Gasteiger partial charge < -0.3 is 9.73 Å². The maximum absolute atomic E-state index is 13.6. The van der Waals surface area contributed by atoms with Crippen LogP contribution in [0.1, 0.15) is 48.1 Å². The third kappa shape index (κ3) is 4.52. The molecular formula is C21H27FN2O2. The van der Waals surface area contributed by atoms with Crippen molar-refractivity contribution in [1.29, 1.82) is 0 Å². The van der Waals surface area contributed by atoms with Crippen LogP contribution >= 0.6 is 0 Å². The smallest absolute Gasteiger partial charge is 0.220 e. The van der Waals surface area contributed by atoms with E-state index in [4.69, 9.17) is 4.42 Å². The van der Waals surface area contributed by atoms with E-state index in [0.717, 1.165) is 24.2 Å². The van der Waals surface area contributed by atoms with E-state index in [2.05, 4.69) is 5.32 Å². The number of hydrogen-bond acceptors (Lipinski definition) is 3. The molecule has 26 heavy (non-hydrogen) atoms. The quantitative estimate of drug-likeness (QED) is 0.775. The molecular weight excluding hydrogens is 331 g/mol. The number of benzene rings is 1. The molecule has 1 amide bonds. The lowest BCUT2D eigenvalue weighted by molar-refractivity contribution is -0.121. The molecule has 5 heteroatoms. The van der Waals surface area contributed by atoms with Gasteiger partial charge in [-0.15, -0.1) is 0 Å². The van der Waals surface area contributed by atoms with Crippen molar-refractivity contribution in [3.05, 3.63) is 59.3 Å². The number of halogens is 1. The van der Waals surface area contributed by atoms with E-state index in [1.165, 1.54) is 6.07 Å². The summed E-state index contributed by atoms with van der Waals surface area (Å²) in [6, 6.07) is 9.00. The highest BCUT2D eigenvalue weighted by Crippen LogP contribution is 2.44. The number of carbonyl (C=O) groups is 1. The predicted octanol–water partition coefficient (Wildman–Crippen LogP) is 4.03. The first-order valence-corrected chi connectivity index (χ1v) is 9.18. The molecule has 0 radical (unpaired) electrons. The van der Waals surface area contributed by atoms with E-state index in [9.17, 15) is 9.18 Å². The monoisotopic (exact) mass is 358 g/mol. The third-order valence-corrected chi connectivity index (χ3v) is 5.19. The molecule has 1 aromatic carbocycles. The van der Waals surface area contributed by atoms with E-state index >= 15 is 0 Å². The Morgan fingerprint density at radius 2 is 2.12 bits per heavy atom. The maximum Gasteiger partial charge on any atom is 0.220 e. The summed E-state index contributed by atoms with van der Waals surface area (Å²) >= 11 is 0. The van der Waals surface area contributed by atoms with Crippen LogP contribution in [0.4, 0.5) is 4.39 Å². The molecule has 140 valence electrons. The van der Waals surface area contributed by atoms with Gasteiger partial charge in [-0.3, -0.25) is 9.69 Å². The van der Waals surface area contributed by atoms with Gasteiger partial charge in [0.2, 0.25) is 5.91 Å². The third-order valence-electron chi connectivity index (χ3n) is 5.19. The van der Waals surface area contributed by atoms with Gasteiger partial charge in [-0.1, -0.05) is 12.1 Å². The lowest BCUT2D eigenvalue weighted by Gasteiger charge is -2.23. The first-order chi connectivity index (χ1) is 12.5. The second-order valence-electron chi connectivity index (χ2n) is 7.46. The molecule has 0 spiro atoms. The Bertz CT molecular complexity index is 738. The molecule has 1 aliphatic carbocycles. The van der Waals surface area contributed by atoms with Crippen LogP contribution in [-0.2, 0) is 4.79 Å². The van der Waals surface area contributed by atoms with Gasteiger partial charge in [0.05, 0.1) is 12.3 Å². The molecule has 1 saturated carbocycles. The molecule has 0 bridgehead atoms. The van der Waals surface area contributed by atoms with Gasteiger partial charge in [0.1, 0.15) is 11.6 Å². The maximum atomic E-state index is 13.6. The van der Waals surface area contributed by atoms with Crippen LogP contribution in [0, 0.1) is 18.7 Å². The van der Waals surface area contributed by atoms with Gasteiger partial charge in [-0.2, -0.15) is 0 Å². The van der Waals surface area contributed by atoms with Crippen molar-refractivity contribution >= 4 is 5.91 Å². The van der Waals surface area contributed by atoms with Gasteiger partial charge in [0, 0.05) is 13.0 Å². The predicted molar refractivity (Wildman–Crippen MR) is 99.4 cm³/mol. The number of furan rings is 1. The van der Waals surface area contributed by atoms with Crippen molar-refractivity contribution < 1.29 is 13.6 Å². The van der Waals surface area contributed by atoms with Gasteiger partial charge in [-0.25, -0.2) is 4.39 Å². The fourth-order valence-corrected chi connectivity index (χ4v) is 3.45. The van der Waals surface area contributed by atoms with E-state index in [0.29, 0.717) is 24.4 Å². The molecule has 2 atom stereocenters. The van der Waals surface area contributed by atoms with Gasteiger partial charge >= 0.3 is 0 Å². The molecule has 0 saturated heterocycles. The highest BCUT2D eigenvalue weighted by molar-refractivity contribution is 5.77. The first-order valence-electron chi connectivity index (χ1n) is 9.18. The summed E-state index contributed by atoms with van der Waals surface area (Å²) in [7, 11) is 3.93. The number of nitrogens with zero attached hydrogens (tertiary/aromatic N) is 1. The summed E-state index contributed by atoms with van der Waals surface area (Å²) in [6.45, 7) is 2.27. The number of rotatable bonds is 8. The summed E-state index contributed by atoms with van der Waals surface area (Å²) in [5.41, 5.74) is 1.70. The molecule has 2 aromatic rings. The van der Waals surface area contributed by atoms with Crippen molar-refractivity contribution in [3.63, 3.8) is 0 Å². The number of amides is 1. The van der Waals surface area contributed by atoms with Crippen molar-refractivity contribution in [2.45, 2.75) is 38.1 Å². The van der Waals surface area contributed by atoms with Crippen LogP contribution in [0.3, 0.4) is 0 Å². The topological polar surface area (TPSA) is 45.5 Å². The lowest BCUT2D eigenvalue weighted by Crippen LogP contribution is -2.35. The average Bonchev–Trinajstić information content (AvgIpc) is 3.30. The Labute approximate surface area is 154 Å². The van der Waals surface area contributed by atoms with Crippen LogP contribution in [0.15, 0.2) is 41.0 Å². The largest absolute Gasteiger partial charge is 0.468 e. The van der Waals surface area contributed by atoms with Gasteiger partial charge in [0.15, 0.2) is 0 Å². The minimum atomic E-state index is -0.194. The Hall–Kier alpha value is -2.14. The van der Waals surface area contributed by atoms with Crippen LogP contribution in [-0.4, -0.2) is 31.4 Å². The normalized spacial score (nSPS) is 16.5. The summed E-state index contributed by atoms with van der Waals surface area (Å²) in [5.74, 6) is 1.36. The van der Waals surface area contributed by atoms with E-state index in [1.807, 2.05) is 43.3 Å². The first kappa shape index (κ1) is 18.6. The summed E-state index contributed by atoms with van der Waals surface area (Å²) in [4.78, 5) is 14.6. The zero-order valence-electron chi connectivity index (χ0n) is 15.7. The fourth-order valence-electron chi connectivity index (χ4n) is 3.45. The molecule has 4 nitrogen and oxygen atoms in total. The van der Waals surface area contributed by atoms with Gasteiger partial charge in [-0.05, 0) is 75.0 Å². The molecule has 0 aliphatic heterocycles. The average molecular weight is 358 g/mol. The van der Waals surface area contributed by atoms with Gasteiger partial charge in [0.25, 0.3) is 0 Å². The molecule has 1 fully saturated rings. The molecule has 1 aliphatic rings. The molecule has 1 heterocycles. The van der Waals surface area contributed by atoms with Crippen molar-refractivity contribution in [2.75, 3.05) is 20.6 Å². The summed E-state index contributed by atoms with van der Waals surface area (Å²) in [6.07, 6.45) is 4.36. The number of hydrogen-bond donors (Lipinski definition) is 1. The zero-order valence-corrected chi connectivity index (χ0v) is 15.7. The Morgan fingerprint density at radius 1 is 1.35 bits per heavy atom. The SMILES string of the molecule is Cc1cc(C(CC(=O)NCC(c2ccco2)N(C)C)C2CC2)ccc1F. The Kier molecular flexibility index (Phi) is 5.77. The molecule has 1 aromatic heterocycles. The number of carbonyl (C=O) groups excluding carboxylic acids is 1. The van der Waals surface area contributed by atoms with E-state index < -0.39 is 0 Å². The zero-order chi connectivity index (χ0) is 18.7. The van der Waals surface area contributed by atoms with Crippen molar-refractivity contribution in [2.24, 2.45) is 5.92 Å². The fraction of sp³-hybridized carbons (Fsp3) is 0.476. The highest BCUT2D eigenvalue weighted by Gasteiger charge is 2.34. The standard InChI is InChI=1S/C21H27FN2O2/c1-14-11-16(8-9-18(14)22)17(15-6-7-15)12-21(25)23-13-19(24(2)3)20-5-4-10-26-20/h4-5,8-11,15,17,19H,6-7,12-13H2,1-3H3,(H,23,25). The van der Waals surface area contributed by atoms with Crippen LogP contribution < -0.4 is 5.32 Å². The van der Waals surface area contributed by atoms with E-state index in [1.54, 1.807) is 13.2 Å². The highest BCUT2D eigenvalue weighted by atomic mass is 19.1. The van der Waals surface area contributed by atoms with Crippen LogP contribution in [0.2, 0.25) is 0 Å². The van der Waals surface area contributed by atoms with Crippen molar-refractivity contribution in [1.82, 2.24) is 10.2 Å². The minimum absolute atomic E-state index is 0.00129. The van der Waals surface area contributed by atoms with Crippen LogP contribution in [0.5, 0.6) is 0 Å². The second kappa shape index (κ2) is 8.04. The minimum Gasteiger partial charge on any atom is -0.468 e. The van der Waals surface area contributed by atoms with E-state index in [-0.39, 0.29) is 23.7 Å². The van der Waals surface area contributed by atoms with Crippen LogP contribution in [0.25, 0.3) is 0 Å². The Balaban J connectivity index is 1.62. The number of aryl methyl sites for hydroxylation is 1.